The van der Waals surface area contributed by atoms with Gasteiger partial charge in [0.15, 0.2) is 5.15 Å². The number of hydrogen-bond donors (Lipinski definition) is 0. The lowest BCUT2D eigenvalue weighted by Gasteiger charge is -2.03. The van der Waals surface area contributed by atoms with Gasteiger partial charge in [0, 0.05) is 11.2 Å². The zero-order valence-electron chi connectivity index (χ0n) is 8.45. The molecule has 1 aromatic carbocycles. The maximum absolute atomic E-state index is 12.1. The molecule has 0 unspecified atom stereocenters. The molecule has 0 aliphatic carbocycles. The van der Waals surface area contributed by atoms with Crippen molar-refractivity contribution in [1.82, 2.24) is 5.10 Å². The van der Waals surface area contributed by atoms with Crippen molar-refractivity contribution in [3.63, 3.8) is 0 Å². The van der Waals surface area contributed by atoms with E-state index in [2.05, 4.69) is 5.10 Å². The number of nitrogens with zero attached hydrogens (tertiary/aromatic N) is 2. The van der Waals surface area contributed by atoms with Crippen molar-refractivity contribution < 1.29 is 13.3 Å². The molecule has 5 nitrogen and oxygen atoms in total. The van der Waals surface area contributed by atoms with Gasteiger partial charge in [0.25, 0.3) is 9.84 Å². The SMILES string of the molecule is O=S(=O)(c1ccccc1)c1ccc(Cl)n[n+]1[O-]. The summed E-state index contributed by atoms with van der Waals surface area (Å²) in [7, 11) is -3.86. The van der Waals surface area contributed by atoms with Crippen molar-refractivity contribution in [2.75, 3.05) is 0 Å². The van der Waals surface area contributed by atoms with Crippen molar-refractivity contribution in [2.45, 2.75) is 9.92 Å². The summed E-state index contributed by atoms with van der Waals surface area (Å²) in [5, 5.41) is 14.2. The summed E-state index contributed by atoms with van der Waals surface area (Å²) in [5.41, 5.74) is 0. The predicted octanol–water partition coefficient (Wildman–Crippen LogP) is 1.20. The number of sulfone groups is 1. The molecule has 7 heteroatoms. The third kappa shape index (κ3) is 2.22. The number of aromatic nitrogens is 2. The summed E-state index contributed by atoms with van der Waals surface area (Å²) in [4.78, 5) is 0.0405. The molecule has 0 N–H and O–H groups in total. The van der Waals surface area contributed by atoms with Gasteiger partial charge in [0.05, 0.1) is 4.90 Å². The molecule has 0 amide bonds. The molecular weight excluding hydrogens is 264 g/mol. The number of benzene rings is 1. The molecule has 17 heavy (non-hydrogen) atoms. The Balaban J connectivity index is 2.61. The van der Waals surface area contributed by atoms with Crippen LogP contribution in [0.4, 0.5) is 0 Å². The van der Waals surface area contributed by atoms with Gasteiger partial charge in [0.2, 0.25) is 0 Å². The van der Waals surface area contributed by atoms with Gasteiger partial charge < -0.3 is 5.21 Å². The molecule has 1 heterocycles. The van der Waals surface area contributed by atoms with Gasteiger partial charge in [-0.2, -0.15) is 0 Å². The molecule has 0 atom stereocenters. The highest BCUT2D eigenvalue weighted by molar-refractivity contribution is 7.91. The Morgan fingerprint density at radius 3 is 2.35 bits per heavy atom. The highest BCUT2D eigenvalue weighted by Crippen LogP contribution is 2.17. The second-order valence-corrected chi connectivity index (χ2v) is 5.47. The van der Waals surface area contributed by atoms with E-state index in [9.17, 15) is 13.6 Å². The zero-order chi connectivity index (χ0) is 12.5. The van der Waals surface area contributed by atoms with Gasteiger partial charge in [0.1, 0.15) is 0 Å². The van der Waals surface area contributed by atoms with Crippen LogP contribution in [-0.4, -0.2) is 13.5 Å². The van der Waals surface area contributed by atoms with Crippen molar-refractivity contribution >= 4 is 21.4 Å². The van der Waals surface area contributed by atoms with Crippen molar-refractivity contribution in [1.29, 1.82) is 0 Å². The van der Waals surface area contributed by atoms with E-state index in [0.717, 1.165) is 6.07 Å². The number of halogens is 1. The first kappa shape index (κ1) is 11.8. The average Bonchev–Trinajstić information content (AvgIpc) is 2.29. The molecule has 0 fully saturated rings. The number of rotatable bonds is 2. The molecule has 2 rings (SSSR count). The molecule has 0 saturated heterocycles. The van der Waals surface area contributed by atoms with Crippen LogP contribution >= 0.6 is 11.6 Å². The minimum atomic E-state index is -3.86. The Labute approximate surface area is 103 Å². The summed E-state index contributed by atoms with van der Waals surface area (Å²) in [5.74, 6) is 0. The van der Waals surface area contributed by atoms with Crippen molar-refractivity contribution in [2.24, 2.45) is 0 Å². The first-order chi connectivity index (χ1) is 8.01. The lowest BCUT2D eigenvalue weighted by molar-refractivity contribution is -0.707. The largest absolute Gasteiger partial charge is 0.593 e. The molecular formula is C10H7ClN2O3S. The van der Waals surface area contributed by atoms with Gasteiger partial charge in [-0.25, -0.2) is 8.42 Å². The highest BCUT2D eigenvalue weighted by atomic mass is 35.5. The Hall–Kier alpha value is -1.66. The van der Waals surface area contributed by atoms with Gasteiger partial charge in [-0.05, 0) is 23.0 Å². The van der Waals surface area contributed by atoms with Crippen LogP contribution in [0.5, 0.6) is 0 Å². The first-order valence-corrected chi connectivity index (χ1v) is 6.44. The number of hydrogen-bond acceptors (Lipinski definition) is 4. The molecule has 0 bridgehead atoms. The molecule has 2 aromatic rings. The Morgan fingerprint density at radius 1 is 1.12 bits per heavy atom. The minimum Gasteiger partial charge on any atom is -0.593 e. The average molecular weight is 271 g/mol. The Bertz CT molecular complexity index is 644. The Morgan fingerprint density at radius 2 is 1.76 bits per heavy atom. The maximum atomic E-state index is 12.1. The topological polar surface area (TPSA) is 74.0 Å². The van der Waals surface area contributed by atoms with E-state index in [1.807, 2.05) is 0 Å². The fourth-order valence-electron chi connectivity index (χ4n) is 1.29. The second kappa shape index (κ2) is 4.31. The Kier molecular flexibility index (Phi) is 2.99. The van der Waals surface area contributed by atoms with Gasteiger partial charge >= 0.3 is 5.03 Å². The zero-order valence-corrected chi connectivity index (χ0v) is 10.0. The minimum absolute atomic E-state index is 0.00463. The third-order valence-electron chi connectivity index (χ3n) is 2.07. The van der Waals surface area contributed by atoms with Crippen LogP contribution in [0.15, 0.2) is 52.4 Å². The van der Waals surface area contributed by atoms with Crippen LogP contribution in [-0.2, 0) is 9.84 Å². The molecule has 0 saturated carbocycles. The maximum Gasteiger partial charge on any atom is 0.339 e. The fourth-order valence-corrected chi connectivity index (χ4v) is 2.67. The summed E-state index contributed by atoms with van der Waals surface area (Å²) in [6, 6.07) is 10.0. The second-order valence-electron chi connectivity index (χ2n) is 3.18. The highest BCUT2D eigenvalue weighted by Gasteiger charge is 2.27. The quantitative estimate of drug-likeness (QED) is 0.607. The smallest absolute Gasteiger partial charge is 0.339 e. The molecule has 88 valence electrons. The predicted molar refractivity (Wildman–Crippen MR) is 60.1 cm³/mol. The van der Waals surface area contributed by atoms with Gasteiger partial charge in [-0.3, -0.25) is 0 Å². The van der Waals surface area contributed by atoms with E-state index in [4.69, 9.17) is 11.6 Å². The van der Waals surface area contributed by atoms with Crippen molar-refractivity contribution in [3.8, 4) is 0 Å². The van der Waals surface area contributed by atoms with Crippen molar-refractivity contribution in [3.05, 3.63) is 52.8 Å². The summed E-state index contributed by atoms with van der Waals surface area (Å²) >= 11 is 5.49. The van der Waals surface area contributed by atoms with Gasteiger partial charge in [-0.1, -0.05) is 29.8 Å². The normalized spacial score (nSPS) is 11.4. The fraction of sp³-hybridized carbons (Fsp3) is 0. The van der Waals surface area contributed by atoms with Crippen LogP contribution in [0.1, 0.15) is 0 Å². The van der Waals surface area contributed by atoms with E-state index in [1.165, 1.54) is 18.2 Å². The molecule has 0 spiro atoms. The molecule has 1 aromatic heterocycles. The van der Waals surface area contributed by atoms with E-state index >= 15 is 0 Å². The van der Waals surface area contributed by atoms with Gasteiger partial charge in [-0.15, -0.1) is 0 Å². The van der Waals surface area contributed by atoms with E-state index in [0.29, 0.717) is 0 Å². The van der Waals surface area contributed by atoms with Crippen LogP contribution in [0.25, 0.3) is 0 Å². The first-order valence-electron chi connectivity index (χ1n) is 4.58. The van der Waals surface area contributed by atoms with Crippen LogP contribution in [0.3, 0.4) is 0 Å². The summed E-state index contributed by atoms with van der Waals surface area (Å²) in [6.07, 6.45) is 0. The molecule has 0 aliphatic rings. The van der Waals surface area contributed by atoms with E-state index in [-0.39, 0.29) is 14.9 Å². The molecule has 0 radical (unpaired) electrons. The summed E-state index contributed by atoms with van der Waals surface area (Å²) in [6.45, 7) is 0. The van der Waals surface area contributed by atoms with Crippen LogP contribution < -0.4 is 4.85 Å². The lowest BCUT2D eigenvalue weighted by atomic mass is 10.4. The van der Waals surface area contributed by atoms with E-state index in [1.54, 1.807) is 18.2 Å². The lowest BCUT2D eigenvalue weighted by Crippen LogP contribution is -2.37. The molecule has 0 aliphatic heterocycles. The summed E-state index contributed by atoms with van der Waals surface area (Å²) < 4.78 is 24.1. The van der Waals surface area contributed by atoms with Crippen LogP contribution in [0, 0.1) is 5.21 Å². The standard InChI is InChI=1S/C10H7ClN2O3S/c11-9-6-7-10(13(14)12-9)17(15,16)8-4-2-1-3-5-8/h1-7H. The van der Waals surface area contributed by atoms with Crippen LogP contribution in [0.2, 0.25) is 5.15 Å². The third-order valence-corrected chi connectivity index (χ3v) is 4.00. The monoisotopic (exact) mass is 270 g/mol. The van der Waals surface area contributed by atoms with E-state index < -0.39 is 14.9 Å².